The summed E-state index contributed by atoms with van der Waals surface area (Å²) in [5.74, 6) is 0.710. The summed E-state index contributed by atoms with van der Waals surface area (Å²) in [5, 5.41) is 17.4. The van der Waals surface area contributed by atoms with E-state index >= 15 is 0 Å². The number of halogens is 1. The highest BCUT2D eigenvalue weighted by Crippen LogP contribution is 2.12. The molecule has 0 aliphatic rings. The number of nitro benzene ring substituents is 1. The van der Waals surface area contributed by atoms with Crippen LogP contribution in [-0.4, -0.2) is 48.5 Å². The second kappa shape index (κ2) is 13.7. The lowest BCUT2D eigenvalue weighted by Gasteiger charge is -2.21. The van der Waals surface area contributed by atoms with Gasteiger partial charge in [0.05, 0.1) is 4.92 Å². The van der Waals surface area contributed by atoms with Crippen LogP contribution in [0.1, 0.15) is 39.2 Å². The first kappa shape index (κ1) is 24.6. The van der Waals surface area contributed by atoms with Crippen LogP contribution < -0.4 is 10.6 Å². The monoisotopic (exact) mass is 477 g/mol. The fourth-order valence-corrected chi connectivity index (χ4v) is 2.63. The molecule has 0 aliphatic heterocycles. The molecule has 8 heteroatoms. The molecule has 148 valence electrons. The van der Waals surface area contributed by atoms with Gasteiger partial charge in [0, 0.05) is 31.8 Å². The van der Waals surface area contributed by atoms with Gasteiger partial charge >= 0.3 is 0 Å². The Hall–Kier alpha value is -1.42. The SMILES string of the molecule is CCN(CC)CCCC(C)NC(=NC)NCc1cccc([N+](=O)[O-])c1.I. The fraction of sp³-hybridized carbons (Fsp3) is 0.611. The number of hydrogen-bond donors (Lipinski definition) is 2. The molecular weight excluding hydrogens is 445 g/mol. The maximum absolute atomic E-state index is 10.8. The fourth-order valence-electron chi connectivity index (χ4n) is 2.63. The Balaban J connectivity index is 0.00000625. The van der Waals surface area contributed by atoms with E-state index in [-0.39, 0.29) is 34.6 Å². The van der Waals surface area contributed by atoms with Crippen molar-refractivity contribution in [3.63, 3.8) is 0 Å². The third kappa shape index (κ3) is 9.33. The molecule has 7 nitrogen and oxygen atoms in total. The summed E-state index contributed by atoms with van der Waals surface area (Å²) < 4.78 is 0. The summed E-state index contributed by atoms with van der Waals surface area (Å²) in [4.78, 5) is 17.1. The average Bonchev–Trinajstić information content (AvgIpc) is 2.62. The van der Waals surface area contributed by atoms with Crippen molar-refractivity contribution in [1.29, 1.82) is 0 Å². The lowest BCUT2D eigenvalue weighted by atomic mass is 10.1. The first-order valence-electron chi connectivity index (χ1n) is 8.93. The molecule has 0 aliphatic carbocycles. The lowest BCUT2D eigenvalue weighted by Crippen LogP contribution is -2.42. The zero-order valence-corrected chi connectivity index (χ0v) is 18.5. The highest BCUT2D eigenvalue weighted by molar-refractivity contribution is 14.0. The molecule has 0 heterocycles. The quantitative estimate of drug-likeness (QED) is 0.178. The van der Waals surface area contributed by atoms with Gasteiger partial charge in [-0.2, -0.15) is 0 Å². The lowest BCUT2D eigenvalue weighted by molar-refractivity contribution is -0.384. The van der Waals surface area contributed by atoms with Gasteiger partial charge in [0.15, 0.2) is 5.96 Å². The van der Waals surface area contributed by atoms with Crippen LogP contribution in [0.3, 0.4) is 0 Å². The van der Waals surface area contributed by atoms with Gasteiger partial charge in [0.1, 0.15) is 0 Å². The largest absolute Gasteiger partial charge is 0.354 e. The third-order valence-electron chi connectivity index (χ3n) is 4.19. The number of benzene rings is 1. The molecule has 0 aromatic heterocycles. The van der Waals surface area contributed by atoms with Crippen molar-refractivity contribution in [2.24, 2.45) is 4.99 Å². The van der Waals surface area contributed by atoms with Crippen LogP contribution in [0.5, 0.6) is 0 Å². The van der Waals surface area contributed by atoms with E-state index in [0.717, 1.165) is 38.0 Å². The van der Waals surface area contributed by atoms with E-state index in [1.54, 1.807) is 19.2 Å². The van der Waals surface area contributed by atoms with Crippen LogP contribution >= 0.6 is 24.0 Å². The summed E-state index contributed by atoms with van der Waals surface area (Å²) in [6, 6.07) is 6.94. The minimum Gasteiger partial charge on any atom is -0.354 e. The number of nitrogens with one attached hydrogen (secondary N) is 2. The van der Waals surface area contributed by atoms with E-state index < -0.39 is 0 Å². The molecule has 1 rings (SSSR count). The topological polar surface area (TPSA) is 82.8 Å². The first-order valence-corrected chi connectivity index (χ1v) is 8.93. The van der Waals surface area contributed by atoms with Gasteiger partial charge in [0.2, 0.25) is 0 Å². The second-order valence-corrected chi connectivity index (χ2v) is 6.07. The molecule has 0 radical (unpaired) electrons. The Labute approximate surface area is 173 Å². The summed E-state index contributed by atoms with van der Waals surface area (Å²) >= 11 is 0. The van der Waals surface area contributed by atoms with Crippen LogP contribution in [0.4, 0.5) is 5.69 Å². The second-order valence-electron chi connectivity index (χ2n) is 6.07. The highest BCUT2D eigenvalue weighted by Gasteiger charge is 2.08. The van der Waals surface area contributed by atoms with Crippen LogP contribution in [0.2, 0.25) is 0 Å². The van der Waals surface area contributed by atoms with Crippen molar-refractivity contribution in [2.45, 2.75) is 46.2 Å². The molecule has 0 spiro atoms. The van der Waals surface area contributed by atoms with Gasteiger partial charge in [-0.3, -0.25) is 15.1 Å². The molecule has 26 heavy (non-hydrogen) atoms. The zero-order valence-electron chi connectivity index (χ0n) is 16.2. The smallest absolute Gasteiger partial charge is 0.269 e. The minimum absolute atomic E-state index is 0. The molecule has 0 saturated carbocycles. The Bertz CT molecular complexity index is 564. The van der Waals surface area contributed by atoms with Crippen molar-refractivity contribution >= 4 is 35.6 Å². The number of hydrogen-bond acceptors (Lipinski definition) is 4. The molecule has 0 bridgehead atoms. The van der Waals surface area contributed by atoms with Crippen molar-refractivity contribution in [3.8, 4) is 0 Å². The van der Waals surface area contributed by atoms with Crippen molar-refractivity contribution in [2.75, 3.05) is 26.7 Å². The Morgan fingerprint density at radius 1 is 1.35 bits per heavy atom. The molecule has 0 amide bonds. The predicted molar refractivity (Wildman–Crippen MR) is 118 cm³/mol. The van der Waals surface area contributed by atoms with E-state index in [0.29, 0.717) is 18.5 Å². The number of nitrogens with zero attached hydrogens (tertiary/aromatic N) is 3. The Kier molecular flexibility index (Phi) is 13.0. The van der Waals surface area contributed by atoms with Crippen LogP contribution in [0.15, 0.2) is 29.3 Å². The van der Waals surface area contributed by atoms with E-state index in [1.807, 2.05) is 6.07 Å². The van der Waals surface area contributed by atoms with Crippen LogP contribution in [0.25, 0.3) is 0 Å². The summed E-state index contributed by atoms with van der Waals surface area (Å²) in [6.07, 6.45) is 2.20. The minimum atomic E-state index is -0.380. The van der Waals surface area contributed by atoms with E-state index in [1.165, 1.54) is 6.07 Å². The van der Waals surface area contributed by atoms with Gasteiger partial charge in [-0.25, -0.2) is 0 Å². The van der Waals surface area contributed by atoms with E-state index in [4.69, 9.17) is 0 Å². The maximum Gasteiger partial charge on any atom is 0.269 e. The molecule has 1 atom stereocenters. The molecule has 0 fully saturated rings. The number of rotatable bonds is 10. The van der Waals surface area contributed by atoms with Gasteiger partial charge in [-0.15, -0.1) is 24.0 Å². The number of guanidine groups is 1. The van der Waals surface area contributed by atoms with E-state index in [2.05, 4.69) is 41.3 Å². The predicted octanol–water partition coefficient (Wildman–Crippen LogP) is 3.39. The first-order chi connectivity index (χ1) is 12.0. The molecule has 1 unspecified atom stereocenters. The van der Waals surface area contributed by atoms with Crippen LogP contribution in [0, 0.1) is 10.1 Å². The average molecular weight is 477 g/mol. The van der Waals surface area contributed by atoms with Gasteiger partial charge < -0.3 is 15.5 Å². The summed E-state index contributed by atoms with van der Waals surface area (Å²) in [6.45, 7) is 10.3. The number of aliphatic imine (C=N–C) groups is 1. The van der Waals surface area contributed by atoms with Gasteiger partial charge in [-0.05, 0) is 45.0 Å². The summed E-state index contributed by atoms with van der Waals surface area (Å²) in [7, 11) is 1.73. The van der Waals surface area contributed by atoms with Gasteiger partial charge in [0.25, 0.3) is 5.69 Å². The molecule has 0 saturated heterocycles. The Morgan fingerprint density at radius 2 is 2.04 bits per heavy atom. The molecule has 2 N–H and O–H groups in total. The maximum atomic E-state index is 10.8. The van der Waals surface area contributed by atoms with Crippen molar-refractivity contribution in [1.82, 2.24) is 15.5 Å². The van der Waals surface area contributed by atoms with Crippen LogP contribution in [-0.2, 0) is 6.54 Å². The van der Waals surface area contributed by atoms with Crippen molar-refractivity contribution in [3.05, 3.63) is 39.9 Å². The molecule has 1 aromatic rings. The molecular formula is C18H32IN5O2. The van der Waals surface area contributed by atoms with E-state index in [9.17, 15) is 10.1 Å². The number of nitro groups is 1. The van der Waals surface area contributed by atoms with Gasteiger partial charge in [-0.1, -0.05) is 26.0 Å². The standard InChI is InChI=1S/C18H31N5O2.HI/c1-5-22(6-2)12-8-9-15(3)21-18(19-4)20-14-16-10-7-11-17(13-16)23(24)25;/h7,10-11,13,15H,5-6,8-9,12,14H2,1-4H3,(H2,19,20,21);1H. The zero-order chi connectivity index (χ0) is 18.7. The summed E-state index contributed by atoms with van der Waals surface area (Å²) in [5.41, 5.74) is 0.957. The number of non-ortho nitro benzene ring substituents is 1. The highest BCUT2D eigenvalue weighted by atomic mass is 127. The van der Waals surface area contributed by atoms with Crippen molar-refractivity contribution < 1.29 is 4.92 Å². The molecule has 1 aromatic carbocycles. The third-order valence-corrected chi connectivity index (χ3v) is 4.19. The Morgan fingerprint density at radius 3 is 2.62 bits per heavy atom. The normalized spacial score (nSPS) is 12.4.